The van der Waals surface area contributed by atoms with Gasteiger partial charge in [0.1, 0.15) is 5.76 Å². The zero-order valence-corrected chi connectivity index (χ0v) is 17.3. The van der Waals surface area contributed by atoms with Crippen molar-refractivity contribution in [2.75, 3.05) is 24.2 Å². The molecule has 1 aliphatic rings. The lowest BCUT2D eigenvalue weighted by atomic mass is 9.97. The van der Waals surface area contributed by atoms with Crippen LogP contribution >= 0.6 is 11.8 Å². The highest BCUT2D eigenvalue weighted by molar-refractivity contribution is 7.99. The Kier molecular flexibility index (Phi) is 7.14. The first-order chi connectivity index (χ1) is 13.6. The van der Waals surface area contributed by atoms with E-state index in [1.165, 1.54) is 23.7 Å². The van der Waals surface area contributed by atoms with Crippen molar-refractivity contribution in [2.24, 2.45) is 0 Å². The second kappa shape index (κ2) is 9.78. The van der Waals surface area contributed by atoms with Gasteiger partial charge in [0.15, 0.2) is 0 Å². The lowest BCUT2D eigenvalue weighted by Gasteiger charge is -2.19. The molecule has 1 N–H and O–H groups in total. The standard InChI is InChI=1S/C21H27N3O3S/c1-3-24(4-2)21(26)15-8-7-9-16(12-15)22-20(25)14-28-13-18-17-10-5-6-11-19(17)27-23-18/h7-9,12H,3-6,10-11,13-14H2,1-2H3,(H,22,25). The number of benzene rings is 1. The zero-order chi connectivity index (χ0) is 19.9. The van der Waals surface area contributed by atoms with Gasteiger partial charge >= 0.3 is 0 Å². The molecule has 0 aliphatic heterocycles. The van der Waals surface area contributed by atoms with Gasteiger partial charge in [-0.25, -0.2) is 0 Å². The maximum atomic E-state index is 12.5. The summed E-state index contributed by atoms with van der Waals surface area (Å²) in [6.45, 7) is 5.23. The van der Waals surface area contributed by atoms with Gasteiger partial charge in [0.25, 0.3) is 5.91 Å². The monoisotopic (exact) mass is 401 g/mol. The molecule has 1 aromatic heterocycles. The molecule has 2 amide bonds. The Bertz CT molecular complexity index is 830. The molecule has 1 aliphatic carbocycles. The van der Waals surface area contributed by atoms with Crippen molar-refractivity contribution in [3.8, 4) is 0 Å². The van der Waals surface area contributed by atoms with Crippen molar-refractivity contribution in [3.63, 3.8) is 0 Å². The zero-order valence-electron chi connectivity index (χ0n) is 16.5. The maximum absolute atomic E-state index is 12.5. The van der Waals surface area contributed by atoms with Gasteiger partial charge in [-0.15, -0.1) is 11.8 Å². The molecule has 150 valence electrons. The average Bonchev–Trinajstić information content (AvgIpc) is 3.12. The van der Waals surface area contributed by atoms with Crippen LogP contribution in [0, 0.1) is 0 Å². The first-order valence-electron chi connectivity index (χ1n) is 9.85. The fourth-order valence-electron chi connectivity index (χ4n) is 3.42. The predicted molar refractivity (Wildman–Crippen MR) is 112 cm³/mol. The highest BCUT2D eigenvalue weighted by Crippen LogP contribution is 2.26. The third-order valence-corrected chi connectivity index (χ3v) is 5.89. The van der Waals surface area contributed by atoms with Crippen LogP contribution < -0.4 is 5.32 Å². The predicted octanol–water partition coefficient (Wildman–Crippen LogP) is 3.91. The summed E-state index contributed by atoms with van der Waals surface area (Å²) in [4.78, 5) is 26.5. The van der Waals surface area contributed by atoms with Gasteiger partial charge < -0.3 is 14.7 Å². The minimum Gasteiger partial charge on any atom is -0.361 e. The van der Waals surface area contributed by atoms with E-state index >= 15 is 0 Å². The van der Waals surface area contributed by atoms with Crippen LogP contribution in [-0.2, 0) is 23.4 Å². The van der Waals surface area contributed by atoms with Gasteiger partial charge in [-0.1, -0.05) is 11.2 Å². The van der Waals surface area contributed by atoms with E-state index in [9.17, 15) is 9.59 Å². The molecule has 3 rings (SSSR count). The summed E-state index contributed by atoms with van der Waals surface area (Å²) >= 11 is 1.52. The number of rotatable bonds is 8. The number of hydrogen-bond donors (Lipinski definition) is 1. The summed E-state index contributed by atoms with van der Waals surface area (Å²) in [6, 6.07) is 7.10. The SMILES string of the molecule is CCN(CC)C(=O)c1cccc(NC(=O)CSCc2noc3c2CCCC3)c1. The summed E-state index contributed by atoms with van der Waals surface area (Å²) < 4.78 is 5.41. The highest BCUT2D eigenvalue weighted by Gasteiger charge is 2.19. The van der Waals surface area contributed by atoms with Gasteiger partial charge in [-0.2, -0.15) is 0 Å². The number of hydrogen-bond acceptors (Lipinski definition) is 5. The Morgan fingerprint density at radius 1 is 1.21 bits per heavy atom. The summed E-state index contributed by atoms with van der Waals surface area (Å²) in [5, 5.41) is 7.05. The molecular formula is C21H27N3O3S. The molecule has 0 fully saturated rings. The fraction of sp³-hybridized carbons (Fsp3) is 0.476. The average molecular weight is 402 g/mol. The Balaban J connectivity index is 1.52. The van der Waals surface area contributed by atoms with Gasteiger partial charge in [-0.3, -0.25) is 9.59 Å². The third-order valence-electron chi connectivity index (χ3n) is 4.95. The molecule has 0 spiro atoms. The first kappa shape index (κ1) is 20.5. The molecule has 0 bridgehead atoms. The van der Waals surface area contributed by atoms with Crippen LogP contribution in [0.1, 0.15) is 54.1 Å². The normalized spacial score (nSPS) is 13.1. The Hall–Kier alpha value is -2.28. The van der Waals surface area contributed by atoms with Crippen molar-refractivity contribution in [3.05, 3.63) is 46.8 Å². The molecule has 0 atom stereocenters. The van der Waals surface area contributed by atoms with E-state index in [0.29, 0.717) is 35.8 Å². The summed E-state index contributed by atoms with van der Waals surface area (Å²) in [6.07, 6.45) is 4.33. The Labute approximate surface area is 170 Å². The molecule has 0 saturated carbocycles. The van der Waals surface area contributed by atoms with Crippen LogP contribution in [-0.4, -0.2) is 40.7 Å². The minimum atomic E-state index is -0.0881. The molecule has 0 unspecified atom stereocenters. The molecule has 0 saturated heterocycles. The Morgan fingerprint density at radius 2 is 2.00 bits per heavy atom. The number of anilines is 1. The first-order valence-corrected chi connectivity index (χ1v) is 11.0. The second-order valence-corrected chi connectivity index (χ2v) is 7.82. The summed E-state index contributed by atoms with van der Waals surface area (Å²) in [7, 11) is 0. The number of amides is 2. The van der Waals surface area contributed by atoms with Crippen molar-refractivity contribution in [1.82, 2.24) is 10.1 Å². The minimum absolute atomic E-state index is 0.0220. The summed E-state index contributed by atoms with van der Waals surface area (Å²) in [5.41, 5.74) is 3.44. The molecule has 2 aromatic rings. The number of carbonyl (C=O) groups excluding carboxylic acids is 2. The topological polar surface area (TPSA) is 75.4 Å². The molecular weight excluding hydrogens is 374 g/mol. The number of nitrogens with one attached hydrogen (secondary N) is 1. The molecule has 6 nitrogen and oxygen atoms in total. The van der Waals surface area contributed by atoms with Gasteiger partial charge in [0.2, 0.25) is 5.91 Å². The van der Waals surface area contributed by atoms with Crippen molar-refractivity contribution < 1.29 is 14.1 Å². The molecule has 0 radical (unpaired) electrons. The third kappa shape index (κ3) is 4.95. The van der Waals surface area contributed by atoms with Crippen LogP contribution in [0.3, 0.4) is 0 Å². The van der Waals surface area contributed by atoms with Crippen molar-refractivity contribution >= 4 is 29.3 Å². The molecule has 1 heterocycles. The number of carbonyl (C=O) groups is 2. The lowest BCUT2D eigenvalue weighted by Crippen LogP contribution is -2.30. The van der Waals surface area contributed by atoms with Crippen LogP contribution in [0.25, 0.3) is 0 Å². The number of aryl methyl sites for hydroxylation is 1. The van der Waals surface area contributed by atoms with Crippen LogP contribution in [0.2, 0.25) is 0 Å². The smallest absolute Gasteiger partial charge is 0.253 e. The van der Waals surface area contributed by atoms with Gasteiger partial charge in [-0.05, 0) is 51.3 Å². The van der Waals surface area contributed by atoms with Crippen LogP contribution in [0.5, 0.6) is 0 Å². The van der Waals surface area contributed by atoms with Gasteiger partial charge in [0.05, 0.1) is 11.4 Å². The van der Waals surface area contributed by atoms with E-state index in [1.807, 2.05) is 13.8 Å². The number of aromatic nitrogens is 1. The number of thioether (sulfide) groups is 1. The van der Waals surface area contributed by atoms with Crippen LogP contribution in [0.4, 0.5) is 5.69 Å². The number of fused-ring (bicyclic) bond motifs is 1. The lowest BCUT2D eigenvalue weighted by molar-refractivity contribution is -0.113. The number of nitrogens with zero attached hydrogens (tertiary/aromatic N) is 2. The van der Waals surface area contributed by atoms with E-state index in [-0.39, 0.29) is 11.8 Å². The van der Waals surface area contributed by atoms with E-state index in [4.69, 9.17) is 4.52 Å². The quantitative estimate of drug-likeness (QED) is 0.726. The second-order valence-electron chi connectivity index (χ2n) is 6.84. The molecule has 7 heteroatoms. The molecule has 1 aromatic carbocycles. The van der Waals surface area contributed by atoms with E-state index in [1.54, 1.807) is 29.2 Å². The van der Waals surface area contributed by atoms with Gasteiger partial charge in [0, 0.05) is 42.1 Å². The fourth-order valence-corrected chi connectivity index (χ4v) is 4.20. The van der Waals surface area contributed by atoms with Crippen molar-refractivity contribution in [1.29, 1.82) is 0 Å². The van der Waals surface area contributed by atoms with Crippen LogP contribution in [0.15, 0.2) is 28.8 Å². The Morgan fingerprint density at radius 3 is 2.79 bits per heavy atom. The summed E-state index contributed by atoms with van der Waals surface area (Å²) in [5.74, 6) is 1.91. The van der Waals surface area contributed by atoms with E-state index in [0.717, 1.165) is 30.7 Å². The van der Waals surface area contributed by atoms with E-state index in [2.05, 4.69) is 10.5 Å². The highest BCUT2D eigenvalue weighted by atomic mass is 32.2. The largest absolute Gasteiger partial charge is 0.361 e. The maximum Gasteiger partial charge on any atom is 0.253 e. The van der Waals surface area contributed by atoms with Crippen molar-refractivity contribution in [2.45, 2.75) is 45.3 Å². The van der Waals surface area contributed by atoms with E-state index < -0.39 is 0 Å². The molecule has 28 heavy (non-hydrogen) atoms.